The van der Waals surface area contributed by atoms with Crippen LogP contribution in [0.15, 0.2) is 52.6 Å². The second-order valence-electron chi connectivity index (χ2n) is 5.42. The molecule has 2 heterocycles. The van der Waals surface area contributed by atoms with Gasteiger partial charge in [-0.15, -0.1) is 16.4 Å². The van der Waals surface area contributed by atoms with Gasteiger partial charge in [-0.1, -0.05) is 34.1 Å². The standard InChI is InChI=1S/C17H16BrN5O2S/c18-13-5-3-12(4-6-13)10-23-11-20-17(22-23)21-15(24)7-8-19-16(25)14-2-1-9-26-14/h1-6,9,11H,7-8,10H2,(H,19,25)(H,21,22,24). The number of amides is 2. The van der Waals surface area contributed by atoms with Crippen molar-refractivity contribution in [3.63, 3.8) is 0 Å². The summed E-state index contributed by atoms with van der Waals surface area (Å²) in [6, 6.07) is 11.4. The minimum absolute atomic E-state index is 0.151. The number of nitrogens with zero attached hydrogens (tertiary/aromatic N) is 3. The van der Waals surface area contributed by atoms with Gasteiger partial charge in [0.25, 0.3) is 5.91 Å². The first-order chi connectivity index (χ1) is 12.6. The van der Waals surface area contributed by atoms with Crippen molar-refractivity contribution in [1.29, 1.82) is 0 Å². The van der Waals surface area contributed by atoms with Gasteiger partial charge in [-0.05, 0) is 29.1 Å². The Morgan fingerprint density at radius 2 is 2.00 bits per heavy atom. The van der Waals surface area contributed by atoms with E-state index in [1.807, 2.05) is 35.7 Å². The molecule has 0 atom stereocenters. The van der Waals surface area contributed by atoms with E-state index in [-0.39, 0.29) is 30.7 Å². The summed E-state index contributed by atoms with van der Waals surface area (Å²) >= 11 is 4.75. The van der Waals surface area contributed by atoms with Gasteiger partial charge in [-0.2, -0.15) is 0 Å². The highest BCUT2D eigenvalue weighted by Gasteiger charge is 2.09. The van der Waals surface area contributed by atoms with E-state index in [9.17, 15) is 9.59 Å². The maximum atomic E-state index is 11.9. The van der Waals surface area contributed by atoms with E-state index < -0.39 is 0 Å². The lowest BCUT2D eigenvalue weighted by Crippen LogP contribution is -2.27. The van der Waals surface area contributed by atoms with Crippen molar-refractivity contribution in [2.45, 2.75) is 13.0 Å². The van der Waals surface area contributed by atoms with Crippen LogP contribution in [0, 0.1) is 0 Å². The first kappa shape index (κ1) is 18.3. The fraction of sp³-hybridized carbons (Fsp3) is 0.176. The van der Waals surface area contributed by atoms with E-state index in [0.717, 1.165) is 10.0 Å². The summed E-state index contributed by atoms with van der Waals surface area (Å²) in [4.78, 5) is 28.4. The van der Waals surface area contributed by atoms with E-state index in [4.69, 9.17) is 0 Å². The zero-order valence-electron chi connectivity index (χ0n) is 13.7. The Balaban J connectivity index is 1.44. The number of benzene rings is 1. The maximum absolute atomic E-state index is 11.9. The third-order valence-electron chi connectivity index (χ3n) is 3.43. The molecule has 2 N–H and O–H groups in total. The van der Waals surface area contributed by atoms with E-state index in [0.29, 0.717) is 11.4 Å². The van der Waals surface area contributed by atoms with Crippen LogP contribution in [-0.4, -0.2) is 33.1 Å². The molecule has 0 saturated heterocycles. The average molecular weight is 434 g/mol. The zero-order chi connectivity index (χ0) is 18.4. The van der Waals surface area contributed by atoms with Gasteiger partial charge < -0.3 is 5.32 Å². The fourth-order valence-electron chi connectivity index (χ4n) is 2.18. The second kappa shape index (κ2) is 8.72. The average Bonchev–Trinajstić information content (AvgIpc) is 3.29. The molecule has 7 nitrogen and oxygen atoms in total. The molecule has 0 radical (unpaired) electrons. The van der Waals surface area contributed by atoms with E-state index in [2.05, 4.69) is 36.6 Å². The number of halogens is 1. The van der Waals surface area contributed by atoms with E-state index in [1.165, 1.54) is 11.3 Å². The van der Waals surface area contributed by atoms with Gasteiger partial charge in [0.1, 0.15) is 6.33 Å². The highest BCUT2D eigenvalue weighted by atomic mass is 79.9. The van der Waals surface area contributed by atoms with Crippen LogP contribution in [0.4, 0.5) is 5.95 Å². The molecule has 9 heteroatoms. The van der Waals surface area contributed by atoms with E-state index in [1.54, 1.807) is 17.1 Å². The molecule has 2 aromatic heterocycles. The third-order valence-corrected chi connectivity index (χ3v) is 4.83. The molecule has 0 unspecified atom stereocenters. The molecule has 3 aromatic rings. The quantitative estimate of drug-likeness (QED) is 0.599. The molecule has 2 amide bonds. The number of carbonyl (C=O) groups excluding carboxylic acids is 2. The Morgan fingerprint density at radius 1 is 1.19 bits per heavy atom. The SMILES string of the molecule is O=C(CCNC(=O)c1cccs1)Nc1ncn(Cc2ccc(Br)cc2)n1. The van der Waals surface area contributed by atoms with Crippen LogP contribution in [0.25, 0.3) is 0 Å². The normalized spacial score (nSPS) is 10.5. The van der Waals surface area contributed by atoms with Gasteiger partial charge in [0, 0.05) is 17.4 Å². The minimum atomic E-state index is -0.252. The highest BCUT2D eigenvalue weighted by molar-refractivity contribution is 9.10. The fourth-order valence-corrected chi connectivity index (χ4v) is 3.08. The number of thiophene rings is 1. The lowest BCUT2D eigenvalue weighted by Gasteiger charge is -2.04. The molecular formula is C17H16BrN5O2S. The van der Waals surface area contributed by atoms with Crippen LogP contribution in [0.3, 0.4) is 0 Å². The van der Waals surface area contributed by atoms with Crippen molar-refractivity contribution in [2.24, 2.45) is 0 Å². The van der Waals surface area contributed by atoms with Gasteiger partial charge >= 0.3 is 0 Å². The molecule has 134 valence electrons. The summed E-state index contributed by atoms with van der Waals surface area (Å²) < 4.78 is 2.66. The van der Waals surface area contributed by atoms with Crippen LogP contribution in [0.1, 0.15) is 21.7 Å². The minimum Gasteiger partial charge on any atom is -0.351 e. The molecule has 0 spiro atoms. The number of rotatable bonds is 7. The number of carbonyl (C=O) groups is 2. The summed E-state index contributed by atoms with van der Waals surface area (Å²) in [6.45, 7) is 0.815. The first-order valence-electron chi connectivity index (χ1n) is 7.85. The van der Waals surface area contributed by atoms with Crippen molar-refractivity contribution in [1.82, 2.24) is 20.1 Å². The molecule has 0 bridgehead atoms. The molecule has 0 aliphatic rings. The second-order valence-corrected chi connectivity index (χ2v) is 7.29. The molecule has 1 aromatic carbocycles. The Hall–Kier alpha value is -2.52. The summed E-state index contributed by atoms with van der Waals surface area (Å²) in [6.07, 6.45) is 1.72. The molecule has 0 fully saturated rings. The molecule has 26 heavy (non-hydrogen) atoms. The number of nitrogens with one attached hydrogen (secondary N) is 2. The van der Waals surface area contributed by atoms with Gasteiger partial charge in [0.15, 0.2) is 0 Å². The first-order valence-corrected chi connectivity index (χ1v) is 9.53. The van der Waals surface area contributed by atoms with Gasteiger partial charge in [0.2, 0.25) is 11.9 Å². The van der Waals surface area contributed by atoms with Crippen LogP contribution in [0.5, 0.6) is 0 Å². The van der Waals surface area contributed by atoms with Crippen LogP contribution in [0.2, 0.25) is 0 Å². The Kier molecular flexibility index (Phi) is 6.13. The zero-order valence-corrected chi connectivity index (χ0v) is 16.1. The van der Waals surface area contributed by atoms with Crippen molar-refractivity contribution < 1.29 is 9.59 Å². The number of anilines is 1. The van der Waals surface area contributed by atoms with Crippen molar-refractivity contribution in [2.75, 3.05) is 11.9 Å². The molecule has 0 saturated carbocycles. The number of hydrogen-bond acceptors (Lipinski definition) is 5. The van der Waals surface area contributed by atoms with E-state index >= 15 is 0 Å². The molecule has 0 aliphatic carbocycles. The van der Waals surface area contributed by atoms with Gasteiger partial charge in [-0.25, -0.2) is 9.67 Å². The predicted octanol–water partition coefficient (Wildman–Crippen LogP) is 2.91. The Morgan fingerprint density at radius 3 is 2.73 bits per heavy atom. The summed E-state index contributed by atoms with van der Waals surface area (Å²) in [7, 11) is 0. The third kappa shape index (κ3) is 5.24. The van der Waals surface area contributed by atoms with Crippen LogP contribution in [-0.2, 0) is 11.3 Å². The van der Waals surface area contributed by atoms with Crippen LogP contribution < -0.4 is 10.6 Å². The summed E-state index contributed by atoms with van der Waals surface area (Å²) in [5.41, 5.74) is 1.08. The number of aromatic nitrogens is 3. The molecular weight excluding hydrogens is 418 g/mol. The molecule has 0 aliphatic heterocycles. The van der Waals surface area contributed by atoms with Crippen molar-refractivity contribution in [3.05, 3.63) is 63.0 Å². The Labute approximate surface area is 162 Å². The van der Waals surface area contributed by atoms with Crippen molar-refractivity contribution in [3.8, 4) is 0 Å². The monoisotopic (exact) mass is 433 g/mol. The largest absolute Gasteiger partial charge is 0.351 e. The highest BCUT2D eigenvalue weighted by Crippen LogP contribution is 2.11. The van der Waals surface area contributed by atoms with Crippen LogP contribution >= 0.6 is 27.3 Å². The number of hydrogen-bond donors (Lipinski definition) is 2. The van der Waals surface area contributed by atoms with Gasteiger partial charge in [-0.3, -0.25) is 14.9 Å². The maximum Gasteiger partial charge on any atom is 0.261 e. The Bertz CT molecular complexity index is 877. The smallest absolute Gasteiger partial charge is 0.261 e. The molecule has 3 rings (SSSR count). The summed E-state index contributed by atoms with van der Waals surface area (Å²) in [5.74, 6) is -0.181. The van der Waals surface area contributed by atoms with Crippen molar-refractivity contribution >= 4 is 45.0 Å². The predicted molar refractivity (Wildman–Crippen MR) is 103 cm³/mol. The summed E-state index contributed by atoms with van der Waals surface area (Å²) in [5, 5.41) is 11.4. The van der Waals surface area contributed by atoms with Gasteiger partial charge in [0.05, 0.1) is 11.4 Å². The lowest BCUT2D eigenvalue weighted by atomic mass is 10.2. The lowest BCUT2D eigenvalue weighted by molar-refractivity contribution is -0.116. The topological polar surface area (TPSA) is 88.9 Å².